The zero-order chi connectivity index (χ0) is 20.5. The molecule has 1 aliphatic rings. The zero-order valence-corrected chi connectivity index (χ0v) is 16.8. The summed E-state index contributed by atoms with van der Waals surface area (Å²) in [4.78, 5) is 38.2. The van der Waals surface area contributed by atoms with Crippen LogP contribution in [0.3, 0.4) is 0 Å². The molecular weight excluding hydrogens is 374 g/mol. The molecule has 1 saturated heterocycles. The standard InChI is InChI=1S/C18H19N5O2.C2H6O.H2O.H2/c1-12-5-7-13(8-6-12)17(19-2)18(25)22-14-10-21-15(11-20-14)23-9-3-4-16(23)24;1-2-3;;/h5-8,10-11H,3-4,9H2,1-2H3,(H,20,22,25);3H,2H2,1H3;1H2;1H. The monoisotopic (exact) mass is 403 g/mol. The number of carbonyl (C=O) groups excluding carboxylic acids is 2. The SMILES string of the molecule is CCO.CN=C(C(=O)Nc1cnc(N2CCCC2=O)cn1)c1ccc(C)cc1.O.[HH]. The topological polar surface area (TPSA) is 139 Å². The molecule has 0 spiro atoms. The third kappa shape index (κ3) is 6.44. The van der Waals surface area contributed by atoms with E-state index in [1.54, 1.807) is 18.9 Å². The Kier molecular flexibility index (Phi) is 9.57. The Labute approximate surface area is 171 Å². The Morgan fingerprint density at radius 1 is 1.28 bits per heavy atom. The number of amides is 2. The summed E-state index contributed by atoms with van der Waals surface area (Å²) in [5.74, 6) is 0.508. The first-order valence-electron chi connectivity index (χ1n) is 9.08. The van der Waals surface area contributed by atoms with Crippen LogP contribution in [0.25, 0.3) is 0 Å². The molecule has 9 nitrogen and oxygen atoms in total. The summed E-state index contributed by atoms with van der Waals surface area (Å²) in [5.41, 5.74) is 2.16. The van der Waals surface area contributed by atoms with Gasteiger partial charge >= 0.3 is 0 Å². The van der Waals surface area contributed by atoms with Crippen molar-refractivity contribution in [1.82, 2.24) is 9.97 Å². The Morgan fingerprint density at radius 2 is 1.93 bits per heavy atom. The molecule has 2 heterocycles. The lowest BCUT2D eigenvalue weighted by atomic mass is 10.1. The number of anilines is 2. The lowest BCUT2D eigenvalue weighted by Gasteiger charge is -2.14. The number of nitrogens with zero attached hydrogens (tertiary/aromatic N) is 4. The lowest BCUT2D eigenvalue weighted by molar-refractivity contribution is -0.117. The Balaban J connectivity index is 0.00000159. The van der Waals surface area contributed by atoms with Crippen LogP contribution in [0.15, 0.2) is 41.7 Å². The number of aliphatic hydroxyl groups is 1. The van der Waals surface area contributed by atoms with Gasteiger partial charge in [0.15, 0.2) is 11.6 Å². The average Bonchev–Trinajstić information content (AvgIpc) is 3.11. The first-order valence-corrected chi connectivity index (χ1v) is 9.08. The van der Waals surface area contributed by atoms with E-state index in [0.29, 0.717) is 30.3 Å². The second kappa shape index (κ2) is 11.6. The molecule has 158 valence electrons. The van der Waals surface area contributed by atoms with Gasteiger partial charge in [0.1, 0.15) is 5.71 Å². The van der Waals surface area contributed by atoms with Gasteiger partial charge in [-0.25, -0.2) is 9.97 Å². The molecule has 2 amide bonds. The predicted octanol–water partition coefficient (Wildman–Crippen LogP) is 1.39. The van der Waals surface area contributed by atoms with Crippen molar-refractivity contribution in [1.29, 1.82) is 0 Å². The van der Waals surface area contributed by atoms with E-state index >= 15 is 0 Å². The van der Waals surface area contributed by atoms with Gasteiger partial charge in [-0.2, -0.15) is 0 Å². The van der Waals surface area contributed by atoms with Gasteiger partial charge in [0.25, 0.3) is 5.91 Å². The summed E-state index contributed by atoms with van der Waals surface area (Å²) < 4.78 is 0. The largest absolute Gasteiger partial charge is 0.412 e. The van der Waals surface area contributed by atoms with Crippen LogP contribution in [-0.4, -0.2) is 58.3 Å². The smallest absolute Gasteiger partial charge is 0.275 e. The van der Waals surface area contributed by atoms with Gasteiger partial charge in [0.05, 0.1) is 12.4 Å². The van der Waals surface area contributed by atoms with Gasteiger partial charge in [0.2, 0.25) is 5.91 Å². The van der Waals surface area contributed by atoms with Crippen LogP contribution < -0.4 is 10.2 Å². The summed E-state index contributed by atoms with van der Waals surface area (Å²) in [6, 6.07) is 7.56. The highest BCUT2D eigenvalue weighted by atomic mass is 16.2. The van der Waals surface area contributed by atoms with E-state index in [2.05, 4.69) is 20.3 Å². The molecule has 1 aromatic carbocycles. The molecule has 1 fully saturated rings. The third-order valence-electron chi connectivity index (χ3n) is 3.99. The van der Waals surface area contributed by atoms with E-state index in [1.165, 1.54) is 12.4 Å². The number of carbonyl (C=O) groups is 2. The van der Waals surface area contributed by atoms with Gasteiger partial charge in [-0.15, -0.1) is 0 Å². The Bertz CT molecular complexity index is 841. The first-order chi connectivity index (χ1) is 13.5. The number of aliphatic imine (C=N–C) groups is 1. The van der Waals surface area contributed by atoms with Crippen LogP contribution in [0.2, 0.25) is 0 Å². The number of hydrogen-bond acceptors (Lipinski definition) is 6. The molecule has 9 heteroatoms. The first kappa shape index (κ1) is 23.9. The molecule has 0 saturated carbocycles. The molecule has 0 aliphatic carbocycles. The zero-order valence-electron chi connectivity index (χ0n) is 16.8. The van der Waals surface area contributed by atoms with Crippen molar-refractivity contribution in [2.75, 3.05) is 30.4 Å². The van der Waals surface area contributed by atoms with Gasteiger partial charge in [-0.05, 0) is 20.3 Å². The fourth-order valence-electron chi connectivity index (χ4n) is 2.66. The van der Waals surface area contributed by atoms with Crippen LogP contribution >= 0.6 is 0 Å². The molecule has 1 aliphatic heterocycles. The van der Waals surface area contributed by atoms with Crippen molar-refractivity contribution in [2.24, 2.45) is 4.99 Å². The van der Waals surface area contributed by atoms with Crippen molar-refractivity contribution in [3.8, 4) is 0 Å². The Morgan fingerprint density at radius 3 is 2.41 bits per heavy atom. The van der Waals surface area contributed by atoms with Crippen molar-refractivity contribution in [3.63, 3.8) is 0 Å². The molecule has 29 heavy (non-hydrogen) atoms. The van der Waals surface area contributed by atoms with Crippen LogP contribution in [0.5, 0.6) is 0 Å². The fourth-order valence-corrected chi connectivity index (χ4v) is 2.66. The maximum Gasteiger partial charge on any atom is 0.275 e. The Hall–Kier alpha value is -3.17. The maximum absolute atomic E-state index is 12.4. The van der Waals surface area contributed by atoms with Crippen LogP contribution in [0.4, 0.5) is 11.6 Å². The molecule has 0 bridgehead atoms. The minimum atomic E-state index is -0.356. The summed E-state index contributed by atoms with van der Waals surface area (Å²) in [6.45, 7) is 4.56. The lowest BCUT2D eigenvalue weighted by Crippen LogP contribution is -2.26. The molecule has 4 N–H and O–H groups in total. The average molecular weight is 403 g/mol. The molecule has 2 aromatic rings. The molecule has 0 radical (unpaired) electrons. The van der Waals surface area contributed by atoms with Crippen LogP contribution in [-0.2, 0) is 9.59 Å². The van der Waals surface area contributed by atoms with Crippen molar-refractivity contribution in [2.45, 2.75) is 26.7 Å². The number of aryl methyl sites for hydroxylation is 1. The summed E-state index contributed by atoms with van der Waals surface area (Å²) in [5, 5.41) is 10.3. The molecular formula is C20H29N5O4. The number of hydrogen-bond donors (Lipinski definition) is 2. The number of benzene rings is 1. The summed E-state index contributed by atoms with van der Waals surface area (Å²) >= 11 is 0. The van der Waals surface area contributed by atoms with Crippen LogP contribution in [0, 0.1) is 6.92 Å². The summed E-state index contributed by atoms with van der Waals surface area (Å²) in [7, 11) is 1.57. The van der Waals surface area contributed by atoms with E-state index in [-0.39, 0.29) is 25.3 Å². The van der Waals surface area contributed by atoms with Crippen molar-refractivity contribution >= 4 is 29.2 Å². The van der Waals surface area contributed by atoms with Gasteiger partial charge in [-0.3, -0.25) is 19.5 Å². The molecule has 0 unspecified atom stereocenters. The van der Waals surface area contributed by atoms with Crippen LogP contribution in [0.1, 0.15) is 32.3 Å². The van der Waals surface area contributed by atoms with E-state index in [0.717, 1.165) is 17.5 Å². The predicted molar refractivity (Wildman–Crippen MR) is 114 cm³/mol. The maximum atomic E-state index is 12.4. The second-order valence-electron chi connectivity index (χ2n) is 6.12. The molecule has 0 atom stereocenters. The molecule has 1 aromatic heterocycles. The highest BCUT2D eigenvalue weighted by Gasteiger charge is 2.23. The van der Waals surface area contributed by atoms with Gasteiger partial charge < -0.3 is 15.9 Å². The van der Waals surface area contributed by atoms with Crippen molar-refractivity contribution in [3.05, 3.63) is 47.8 Å². The highest BCUT2D eigenvalue weighted by Crippen LogP contribution is 2.18. The highest BCUT2D eigenvalue weighted by molar-refractivity contribution is 6.48. The van der Waals surface area contributed by atoms with Gasteiger partial charge in [-0.1, -0.05) is 29.8 Å². The molecule has 3 rings (SSSR count). The third-order valence-corrected chi connectivity index (χ3v) is 3.99. The van der Waals surface area contributed by atoms with E-state index in [4.69, 9.17) is 5.11 Å². The minimum Gasteiger partial charge on any atom is -0.412 e. The summed E-state index contributed by atoms with van der Waals surface area (Å²) in [6.07, 6.45) is 4.30. The minimum absolute atomic E-state index is 0. The van der Waals surface area contributed by atoms with E-state index in [9.17, 15) is 9.59 Å². The normalized spacial score (nSPS) is 13.3. The number of aliphatic hydroxyl groups excluding tert-OH is 1. The van der Waals surface area contributed by atoms with E-state index in [1.807, 2.05) is 31.2 Å². The fraction of sp³-hybridized carbons (Fsp3) is 0.350. The quantitative estimate of drug-likeness (QED) is 0.743. The number of aromatic nitrogens is 2. The second-order valence-corrected chi connectivity index (χ2v) is 6.12. The van der Waals surface area contributed by atoms with E-state index < -0.39 is 0 Å². The number of rotatable bonds is 4. The number of nitrogens with one attached hydrogen (secondary N) is 1. The van der Waals surface area contributed by atoms with Gasteiger partial charge in [0, 0.05) is 33.6 Å². The van der Waals surface area contributed by atoms with Crippen molar-refractivity contribution < 1.29 is 21.6 Å².